The Morgan fingerprint density at radius 3 is 2.30 bits per heavy atom. The summed E-state index contributed by atoms with van der Waals surface area (Å²) in [7, 11) is -8.20. The van der Waals surface area contributed by atoms with Crippen LogP contribution in [0, 0.1) is 0 Å². The fourth-order valence-corrected chi connectivity index (χ4v) is 12.1. The van der Waals surface area contributed by atoms with Crippen molar-refractivity contribution in [2.75, 3.05) is 23.0 Å². The second kappa shape index (κ2) is 11.6. The summed E-state index contributed by atoms with van der Waals surface area (Å²) in [6.45, 7) is 2.61. The van der Waals surface area contributed by atoms with Crippen molar-refractivity contribution in [2.45, 2.75) is 36.9 Å². The molecule has 2 N–H and O–H groups in total. The maximum Gasteiger partial charge on any atom is 0.295 e. The summed E-state index contributed by atoms with van der Waals surface area (Å²) in [6.07, 6.45) is 4.97. The monoisotopic (exact) mass is 661 g/mol. The van der Waals surface area contributed by atoms with E-state index in [-0.39, 0.29) is 32.5 Å². The predicted molar refractivity (Wildman–Crippen MR) is 154 cm³/mol. The molecule has 0 fully saturated rings. The van der Waals surface area contributed by atoms with Gasteiger partial charge < -0.3 is 4.90 Å². The van der Waals surface area contributed by atoms with Crippen LogP contribution in [0.25, 0.3) is 14.9 Å². The number of aromatic nitrogens is 1. The fraction of sp³-hybridized carbons (Fsp3) is 0.421. The Morgan fingerprint density at radius 2 is 1.62 bits per heavy atom. The minimum absolute atomic E-state index is 0.0498. The number of allylic oxidation sites excluding steroid dienone is 2. The van der Waals surface area contributed by atoms with Crippen LogP contribution < -0.4 is 17.6 Å². The van der Waals surface area contributed by atoms with E-state index in [1.807, 2.05) is 28.5 Å². The van der Waals surface area contributed by atoms with E-state index in [1.165, 1.54) is 23.1 Å². The Bertz CT molecular complexity index is 1700. The number of nitrogens with zero attached hydrogens (tertiary/aromatic N) is 2. The van der Waals surface area contributed by atoms with E-state index in [0.717, 1.165) is 79.0 Å². The normalized spacial score (nSPS) is 15.8. The number of thioether (sulfide) groups is 1. The molecule has 18 heteroatoms. The van der Waals surface area contributed by atoms with Crippen LogP contribution in [-0.2, 0) is 26.8 Å². The summed E-state index contributed by atoms with van der Waals surface area (Å²) in [4.78, 5) is 26.5. The van der Waals surface area contributed by atoms with Gasteiger partial charge in [-0.2, -0.15) is 21.4 Å². The van der Waals surface area contributed by atoms with Crippen molar-refractivity contribution in [3.05, 3.63) is 39.4 Å². The molecule has 37 heavy (non-hydrogen) atoms. The zero-order valence-corrected chi connectivity index (χ0v) is 25.6. The van der Waals surface area contributed by atoms with E-state index in [1.54, 1.807) is 0 Å². The molecule has 1 aliphatic rings. The van der Waals surface area contributed by atoms with Gasteiger partial charge in [0.05, 0.1) is 16.5 Å². The van der Waals surface area contributed by atoms with Crippen molar-refractivity contribution in [3.8, 4) is 0 Å². The third-order valence-electron chi connectivity index (χ3n) is 5.07. The van der Waals surface area contributed by atoms with Gasteiger partial charge in [-0.3, -0.25) is 18.7 Å². The van der Waals surface area contributed by atoms with Gasteiger partial charge in [-0.1, -0.05) is 52.7 Å². The van der Waals surface area contributed by atoms with Crippen LogP contribution >= 0.6 is 68.4 Å². The molecule has 0 saturated heterocycles. The summed E-state index contributed by atoms with van der Waals surface area (Å²) >= 11 is 7.35. The Morgan fingerprint density at radius 1 is 0.946 bits per heavy atom. The van der Waals surface area contributed by atoms with Crippen molar-refractivity contribution >= 4 is 109 Å². The molecule has 0 atom stereocenters. The molecule has 0 aliphatic carbocycles. The van der Waals surface area contributed by atoms with Gasteiger partial charge in [-0.25, -0.2) is 0 Å². The molecular weight excluding hydrogens is 641 g/mol. The van der Waals surface area contributed by atoms with Gasteiger partial charge >= 0.3 is 0 Å². The first-order valence-electron chi connectivity index (χ1n) is 10.7. The quantitative estimate of drug-likeness (QED) is 0.228. The van der Waals surface area contributed by atoms with E-state index < -0.39 is 20.2 Å². The van der Waals surface area contributed by atoms with Gasteiger partial charge in [0.15, 0.2) is 10.6 Å². The Balaban J connectivity index is 1.66. The van der Waals surface area contributed by atoms with Gasteiger partial charge in [0.25, 0.3) is 38.2 Å². The fourth-order valence-electron chi connectivity index (χ4n) is 3.49. The molecule has 3 aromatic rings. The maximum atomic E-state index is 11.9. The highest BCUT2D eigenvalue weighted by Crippen LogP contribution is 2.50. The van der Waals surface area contributed by atoms with E-state index in [2.05, 4.69) is 0 Å². The lowest BCUT2D eigenvalue weighted by Crippen LogP contribution is -2.35. The minimum atomic E-state index is -4.10. The molecule has 0 saturated carbocycles. The Labute approximate surface area is 236 Å². The van der Waals surface area contributed by atoms with Gasteiger partial charge in [0, 0.05) is 19.0 Å². The zero-order valence-electron chi connectivity index (χ0n) is 19.1. The number of fused-ring (bicyclic) bond motifs is 2. The molecule has 1 aliphatic heterocycles. The first kappa shape index (κ1) is 29.0. The molecule has 0 bridgehead atoms. The number of anilines is 1. The van der Waals surface area contributed by atoms with Crippen LogP contribution in [-0.4, -0.2) is 44.0 Å². The summed E-state index contributed by atoms with van der Waals surface area (Å²) in [5, 5.41) is 2.43. The van der Waals surface area contributed by atoms with Crippen LogP contribution in [0.3, 0.4) is 0 Å². The lowest BCUT2D eigenvalue weighted by atomic mass is 10.2. The smallest absolute Gasteiger partial charge is 0.295 e. The van der Waals surface area contributed by atoms with Gasteiger partial charge in [0.1, 0.15) is 9.21 Å². The third-order valence-corrected chi connectivity index (χ3v) is 13.7. The molecule has 202 valence electrons. The molecular formula is C19H21N2O8S8+. The SMILES string of the molecule is CCC(=Cc1sc2sc(=O)sc2[n+]1CCCS(=O)(=O)O)C=C1Sc2sc(=O)sc2N1CCCS(=O)(=O)O. The van der Waals surface area contributed by atoms with E-state index >= 15 is 0 Å². The molecule has 10 nitrogen and oxygen atoms in total. The molecule has 0 amide bonds. The molecule has 4 heterocycles. The van der Waals surface area contributed by atoms with E-state index in [9.17, 15) is 26.4 Å². The molecule has 3 aromatic heterocycles. The van der Waals surface area contributed by atoms with Crippen molar-refractivity contribution in [1.29, 1.82) is 0 Å². The highest BCUT2D eigenvalue weighted by atomic mass is 32.2. The van der Waals surface area contributed by atoms with E-state index in [0.29, 0.717) is 19.5 Å². The number of hydrogen-bond acceptors (Lipinski definition) is 13. The average Bonchev–Trinajstić information content (AvgIpc) is 3.47. The van der Waals surface area contributed by atoms with Crippen LogP contribution in [0.5, 0.6) is 0 Å². The largest absolute Gasteiger partial charge is 0.326 e. The number of hydrogen-bond donors (Lipinski definition) is 2. The van der Waals surface area contributed by atoms with Crippen molar-refractivity contribution in [3.63, 3.8) is 0 Å². The zero-order chi connectivity index (χ0) is 27.0. The highest BCUT2D eigenvalue weighted by Gasteiger charge is 2.29. The van der Waals surface area contributed by atoms with Crippen LogP contribution in [0.4, 0.5) is 5.00 Å². The molecule has 0 spiro atoms. The molecule has 4 rings (SSSR count). The first-order valence-corrected chi connectivity index (χ1v) is 18.8. The minimum Gasteiger partial charge on any atom is -0.326 e. The van der Waals surface area contributed by atoms with Gasteiger partial charge in [-0.05, 0) is 47.2 Å². The predicted octanol–water partition coefficient (Wildman–Crippen LogP) is 3.96. The van der Waals surface area contributed by atoms with Crippen LogP contribution in [0.1, 0.15) is 31.2 Å². The summed E-state index contributed by atoms with van der Waals surface area (Å²) in [5.74, 6) is -0.769. The first-order chi connectivity index (χ1) is 17.3. The molecule has 0 aromatic carbocycles. The number of rotatable bonds is 11. The van der Waals surface area contributed by atoms with Crippen LogP contribution in [0.2, 0.25) is 0 Å². The molecule has 0 unspecified atom stereocenters. The van der Waals surface area contributed by atoms with Crippen LogP contribution in [0.15, 0.2) is 30.5 Å². The summed E-state index contributed by atoms with van der Waals surface area (Å²) in [6, 6.07) is 0. The summed E-state index contributed by atoms with van der Waals surface area (Å²) in [5.41, 5.74) is 0.939. The second-order valence-corrected chi connectivity index (χ2v) is 17.9. The summed E-state index contributed by atoms with van der Waals surface area (Å²) < 4.78 is 66.5. The average molecular weight is 662 g/mol. The Hall–Kier alpha value is -0.960. The lowest BCUT2D eigenvalue weighted by Gasteiger charge is -2.19. The third kappa shape index (κ3) is 7.58. The van der Waals surface area contributed by atoms with E-state index in [4.69, 9.17) is 9.11 Å². The standard InChI is InChI=1S/C19H20N2O8S8/c1-2-11(9-12-20(5-3-7-36(24,25)26)14-16(30-12)34-18(22)32-14)10-13-21(6-4-8-37(27,28)29)15-17(31-13)35-19(23)33-15/h9-10H,2-8H2,1H3,(H-,24,25,26,27,28,29)/p+1. The van der Waals surface area contributed by atoms with Gasteiger partial charge in [-0.15, -0.1) is 0 Å². The Kier molecular flexibility index (Phi) is 9.14. The van der Waals surface area contributed by atoms with Crippen molar-refractivity contribution < 1.29 is 30.5 Å². The molecule has 0 radical (unpaired) electrons. The van der Waals surface area contributed by atoms with Gasteiger partial charge in [0.2, 0.25) is 0 Å². The lowest BCUT2D eigenvalue weighted by molar-refractivity contribution is -0.666. The topological polar surface area (TPSA) is 150 Å². The maximum absolute atomic E-state index is 11.9. The highest BCUT2D eigenvalue weighted by molar-refractivity contribution is 8.05. The number of aryl methyl sites for hydroxylation is 1. The second-order valence-electron chi connectivity index (χ2n) is 7.77. The van der Waals surface area contributed by atoms with Crippen molar-refractivity contribution in [2.24, 2.45) is 0 Å². The number of thiazole rings is 1. The van der Waals surface area contributed by atoms with Crippen molar-refractivity contribution in [1.82, 2.24) is 0 Å².